The van der Waals surface area contributed by atoms with Gasteiger partial charge < -0.3 is 19.8 Å². The van der Waals surface area contributed by atoms with E-state index < -0.39 is 11.8 Å². The molecule has 0 bridgehead atoms. The Labute approximate surface area is 129 Å². The van der Waals surface area contributed by atoms with E-state index in [4.69, 9.17) is 4.74 Å². The molecule has 0 aromatic heterocycles. The number of aromatic hydroxyl groups is 1. The van der Waals surface area contributed by atoms with Gasteiger partial charge in [-0.25, -0.2) is 0 Å². The maximum absolute atomic E-state index is 12.2. The molecule has 120 valence electrons. The number of rotatable bonds is 5. The maximum Gasteiger partial charge on any atom is 0.256 e. The number of Topliss-reactive ketones (excluding diaryl/α,β-unsaturated/α-hetero) is 1. The Morgan fingerprint density at radius 2 is 2.05 bits per heavy atom. The number of aliphatic hydroxyl groups is 1. The standard InChI is InChI=1S/C16H21NO5/c1-16(2,3)22-9-10(18)7-8-17-14(20)11-5-4-6-12(19)13(11)15(17)21/h4-6,15,19,21H,7-9H2,1-3H3. The lowest BCUT2D eigenvalue weighted by Gasteiger charge is -2.22. The molecule has 1 unspecified atom stereocenters. The van der Waals surface area contributed by atoms with Gasteiger partial charge in [-0.05, 0) is 32.9 Å². The average Bonchev–Trinajstić information content (AvgIpc) is 2.67. The van der Waals surface area contributed by atoms with Gasteiger partial charge in [0, 0.05) is 13.0 Å². The second-order valence-corrected chi connectivity index (χ2v) is 6.30. The van der Waals surface area contributed by atoms with Gasteiger partial charge in [0.25, 0.3) is 5.91 Å². The first-order valence-corrected chi connectivity index (χ1v) is 7.17. The number of ketones is 1. The summed E-state index contributed by atoms with van der Waals surface area (Å²) in [6.45, 7) is 5.62. The highest BCUT2D eigenvalue weighted by atomic mass is 16.5. The number of nitrogens with zero attached hydrogens (tertiary/aromatic N) is 1. The predicted molar refractivity (Wildman–Crippen MR) is 79.4 cm³/mol. The van der Waals surface area contributed by atoms with Crippen molar-refractivity contribution in [3.8, 4) is 5.75 Å². The molecular weight excluding hydrogens is 286 g/mol. The fraction of sp³-hybridized carbons (Fsp3) is 0.500. The van der Waals surface area contributed by atoms with E-state index in [1.165, 1.54) is 11.0 Å². The summed E-state index contributed by atoms with van der Waals surface area (Å²) in [5.74, 6) is -0.652. The van der Waals surface area contributed by atoms with Gasteiger partial charge in [0.2, 0.25) is 0 Å². The molecule has 1 aliphatic heterocycles. The lowest BCUT2D eigenvalue weighted by molar-refractivity contribution is -0.128. The normalized spacial score (nSPS) is 17.7. The molecule has 1 aromatic rings. The van der Waals surface area contributed by atoms with Crippen LogP contribution in [0.3, 0.4) is 0 Å². The highest BCUT2D eigenvalue weighted by Crippen LogP contribution is 2.37. The Bertz CT molecular complexity index is 591. The highest BCUT2D eigenvalue weighted by molar-refractivity contribution is 6.00. The highest BCUT2D eigenvalue weighted by Gasteiger charge is 2.37. The minimum atomic E-state index is -1.22. The topological polar surface area (TPSA) is 87.1 Å². The molecule has 0 spiro atoms. The first-order valence-electron chi connectivity index (χ1n) is 7.17. The predicted octanol–water partition coefficient (Wildman–Crippen LogP) is 1.61. The third kappa shape index (κ3) is 3.45. The van der Waals surface area contributed by atoms with E-state index in [2.05, 4.69) is 0 Å². The van der Waals surface area contributed by atoms with Crippen molar-refractivity contribution >= 4 is 11.7 Å². The SMILES string of the molecule is CC(C)(C)OCC(=O)CCN1C(=O)c2cccc(O)c2C1O. The molecule has 0 aliphatic carbocycles. The van der Waals surface area contributed by atoms with Gasteiger partial charge in [0.15, 0.2) is 12.0 Å². The maximum atomic E-state index is 12.2. The van der Waals surface area contributed by atoms with Crippen LogP contribution in [0.5, 0.6) is 5.75 Å². The van der Waals surface area contributed by atoms with E-state index in [9.17, 15) is 19.8 Å². The zero-order valence-corrected chi connectivity index (χ0v) is 13.0. The molecule has 0 fully saturated rings. The summed E-state index contributed by atoms with van der Waals surface area (Å²) in [5.41, 5.74) is 0.0671. The molecule has 6 heteroatoms. The van der Waals surface area contributed by atoms with Crippen molar-refractivity contribution in [2.45, 2.75) is 39.0 Å². The number of carbonyl (C=O) groups excluding carboxylic acids is 2. The molecule has 0 saturated heterocycles. The van der Waals surface area contributed by atoms with E-state index >= 15 is 0 Å². The molecule has 0 saturated carbocycles. The molecule has 1 heterocycles. The lowest BCUT2D eigenvalue weighted by atomic mass is 10.1. The number of phenolic OH excluding ortho intramolecular Hbond substituents is 1. The molecule has 2 N–H and O–H groups in total. The van der Waals surface area contributed by atoms with Gasteiger partial charge in [-0.1, -0.05) is 6.07 Å². The van der Waals surface area contributed by atoms with Crippen LogP contribution in [0.4, 0.5) is 0 Å². The molecule has 1 atom stereocenters. The van der Waals surface area contributed by atoms with Gasteiger partial charge in [-0.3, -0.25) is 9.59 Å². The van der Waals surface area contributed by atoms with Crippen molar-refractivity contribution in [3.05, 3.63) is 29.3 Å². The zero-order chi connectivity index (χ0) is 16.5. The third-order valence-electron chi connectivity index (χ3n) is 3.43. The number of benzene rings is 1. The van der Waals surface area contributed by atoms with Gasteiger partial charge in [0.1, 0.15) is 12.4 Å². The van der Waals surface area contributed by atoms with E-state index in [0.29, 0.717) is 0 Å². The van der Waals surface area contributed by atoms with Crippen LogP contribution in [0.2, 0.25) is 0 Å². The number of fused-ring (bicyclic) bond motifs is 1. The lowest BCUT2D eigenvalue weighted by Crippen LogP contribution is -2.31. The Balaban J connectivity index is 1.97. The van der Waals surface area contributed by atoms with Crippen LogP contribution in [-0.2, 0) is 9.53 Å². The minimum Gasteiger partial charge on any atom is -0.507 e. The number of hydrogen-bond donors (Lipinski definition) is 2. The van der Waals surface area contributed by atoms with E-state index in [-0.39, 0.29) is 48.1 Å². The van der Waals surface area contributed by atoms with Gasteiger partial charge in [0.05, 0.1) is 16.7 Å². The molecule has 6 nitrogen and oxygen atoms in total. The first kappa shape index (κ1) is 16.5. The Morgan fingerprint density at radius 1 is 1.36 bits per heavy atom. The molecule has 1 aliphatic rings. The van der Waals surface area contributed by atoms with E-state index in [1.807, 2.05) is 20.8 Å². The number of carbonyl (C=O) groups is 2. The Morgan fingerprint density at radius 3 is 2.64 bits per heavy atom. The second kappa shape index (κ2) is 6.06. The van der Waals surface area contributed by atoms with Crippen LogP contribution in [0.15, 0.2) is 18.2 Å². The van der Waals surface area contributed by atoms with Crippen molar-refractivity contribution in [3.63, 3.8) is 0 Å². The summed E-state index contributed by atoms with van der Waals surface area (Å²) < 4.78 is 5.39. The average molecular weight is 307 g/mol. The number of hydrogen-bond acceptors (Lipinski definition) is 5. The van der Waals surface area contributed by atoms with Crippen molar-refractivity contribution in [2.75, 3.05) is 13.2 Å². The summed E-state index contributed by atoms with van der Waals surface area (Å²) in [6, 6.07) is 4.51. The smallest absolute Gasteiger partial charge is 0.256 e. The van der Waals surface area contributed by atoms with Gasteiger partial charge >= 0.3 is 0 Å². The fourth-order valence-corrected chi connectivity index (χ4v) is 2.27. The number of aliphatic hydroxyl groups excluding tert-OH is 1. The largest absolute Gasteiger partial charge is 0.507 e. The minimum absolute atomic E-state index is 0.0280. The number of phenols is 1. The van der Waals surface area contributed by atoms with Gasteiger partial charge in [-0.2, -0.15) is 0 Å². The first-order chi connectivity index (χ1) is 10.2. The molecule has 1 amide bonds. The van der Waals surface area contributed by atoms with Crippen molar-refractivity contribution in [2.24, 2.45) is 0 Å². The summed E-state index contributed by atoms with van der Waals surface area (Å²) in [4.78, 5) is 25.2. The number of amides is 1. The quantitative estimate of drug-likeness (QED) is 0.863. The Kier molecular flexibility index (Phi) is 4.53. The fourth-order valence-electron chi connectivity index (χ4n) is 2.27. The molecular formula is C16H21NO5. The monoisotopic (exact) mass is 307 g/mol. The van der Waals surface area contributed by atoms with Gasteiger partial charge in [-0.15, -0.1) is 0 Å². The van der Waals surface area contributed by atoms with Crippen molar-refractivity contribution in [1.82, 2.24) is 4.90 Å². The molecule has 0 radical (unpaired) electrons. The second-order valence-electron chi connectivity index (χ2n) is 6.30. The van der Waals surface area contributed by atoms with Crippen LogP contribution in [-0.4, -0.2) is 45.6 Å². The third-order valence-corrected chi connectivity index (χ3v) is 3.43. The molecule has 1 aromatic carbocycles. The Hall–Kier alpha value is -1.92. The summed E-state index contributed by atoms with van der Waals surface area (Å²) >= 11 is 0. The van der Waals surface area contributed by atoms with Crippen LogP contribution in [0.25, 0.3) is 0 Å². The summed E-state index contributed by atoms with van der Waals surface area (Å²) in [7, 11) is 0. The number of ether oxygens (including phenoxy) is 1. The summed E-state index contributed by atoms with van der Waals surface area (Å²) in [5, 5.41) is 19.9. The van der Waals surface area contributed by atoms with Crippen LogP contribution in [0, 0.1) is 0 Å². The van der Waals surface area contributed by atoms with E-state index in [0.717, 1.165) is 0 Å². The molecule has 2 rings (SSSR count). The van der Waals surface area contributed by atoms with E-state index in [1.54, 1.807) is 12.1 Å². The van der Waals surface area contributed by atoms with Crippen LogP contribution in [0.1, 0.15) is 49.3 Å². The van der Waals surface area contributed by atoms with Crippen molar-refractivity contribution < 1.29 is 24.5 Å². The molecule has 22 heavy (non-hydrogen) atoms. The zero-order valence-electron chi connectivity index (χ0n) is 13.0. The summed E-state index contributed by atoms with van der Waals surface area (Å²) in [6.07, 6.45) is -1.13. The van der Waals surface area contributed by atoms with Crippen LogP contribution < -0.4 is 0 Å². The van der Waals surface area contributed by atoms with Crippen LogP contribution >= 0.6 is 0 Å². The van der Waals surface area contributed by atoms with Crippen molar-refractivity contribution in [1.29, 1.82) is 0 Å².